The normalized spacial score (nSPS) is 17.9. The van der Waals surface area contributed by atoms with Crippen LogP contribution in [0.15, 0.2) is 63.8 Å². The molecular formula is C23H18O7. The van der Waals surface area contributed by atoms with Crippen molar-refractivity contribution in [3.05, 3.63) is 70.4 Å². The van der Waals surface area contributed by atoms with Crippen molar-refractivity contribution in [2.45, 2.75) is 12.2 Å². The third-order valence-electron chi connectivity index (χ3n) is 5.24. The lowest BCUT2D eigenvalue weighted by molar-refractivity contribution is -0.0112. The van der Waals surface area contributed by atoms with Gasteiger partial charge in [-0.25, -0.2) is 0 Å². The number of methoxy groups -OCH3 is 1. The topological polar surface area (TPSA) is 98.4 Å². The fraction of sp³-hybridized carbons (Fsp3) is 0.174. The van der Waals surface area contributed by atoms with Crippen LogP contribution in [0.4, 0.5) is 0 Å². The monoisotopic (exact) mass is 406 g/mol. The van der Waals surface area contributed by atoms with E-state index in [0.717, 1.165) is 0 Å². The second-order valence-electron chi connectivity index (χ2n) is 7.00. The second kappa shape index (κ2) is 6.96. The standard InChI is InChI=1S/C23H18O7/c1-27-18-10-12(6-7-14(18)25)22-19(11-24)29-17-9-8-16-20(23(17)30-22)21(26)13-4-2-3-5-15(13)28-16/h2-10,19,22,24-25H,11H2,1H3/t19-,22+/m0/s1. The molecule has 1 aliphatic rings. The predicted molar refractivity (Wildman–Crippen MR) is 110 cm³/mol. The van der Waals surface area contributed by atoms with E-state index in [1.165, 1.54) is 13.2 Å². The number of phenols is 1. The lowest BCUT2D eigenvalue weighted by Gasteiger charge is -2.33. The van der Waals surface area contributed by atoms with Crippen LogP contribution in [0.1, 0.15) is 11.7 Å². The summed E-state index contributed by atoms with van der Waals surface area (Å²) in [7, 11) is 1.44. The van der Waals surface area contributed by atoms with Crippen molar-refractivity contribution in [1.82, 2.24) is 0 Å². The summed E-state index contributed by atoms with van der Waals surface area (Å²) in [5.41, 5.74) is 1.26. The van der Waals surface area contributed by atoms with Gasteiger partial charge in [-0.3, -0.25) is 4.79 Å². The third kappa shape index (κ3) is 2.74. The minimum Gasteiger partial charge on any atom is -0.504 e. The maximum absolute atomic E-state index is 13.2. The van der Waals surface area contributed by atoms with Crippen LogP contribution in [-0.4, -0.2) is 30.0 Å². The predicted octanol–water partition coefficient (Wildman–Crippen LogP) is 3.53. The van der Waals surface area contributed by atoms with Gasteiger partial charge >= 0.3 is 0 Å². The molecule has 0 aliphatic carbocycles. The van der Waals surface area contributed by atoms with E-state index < -0.39 is 12.2 Å². The first kappa shape index (κ1) is 18.3. The van der Waals surface area contributed by atoms with Crippen molar-refractivity contribution in [3.63, 3.8) is 0 Å². The molecule has 7 nitrogen and oxygen atoms in total. The summed E-state index contributed by atoms with van der Waals surface area (Å²) in [6.07, 6.45) is -1.44. The number of fused-ring (bicyclic) bond motifs is 4. The molecule has 2 heterocycles. The average Bonchev–Trinajstić information content (AvgIpc) is 2.78. The quantitative estimate of drug-likeness (QED) is 0.502. The van der Waals surface area contributed by atoms with Crippen LogP contribution < -0.4 is 19.6 Å². The van der Waals surface area contributed by atoms with Gasteiger partial charge in [-0.05, 0) is 36.4 Å². The molecule has 0 unspecified atom stereocenters. The van der Waals surface area contributed by atoms with Gasteiger partial charge in [0.2, 0.25) is 5.43 Å². The number of hydrogen-bond donors (Lipinski definition) is 2. The molecule has 0 saturated heterocycles. The van der Waals surface area contributed by atoms with Crippen molar-refractivity contribution in [3.8, 4) is 23.0 Å². The Morgan fingerprint density at radius 3 is 2.67 bits per heavy atom. The minimum atomic E-state index is -0.728. The van der Waals surface area contributed by atoms with Crippen molar-refractivity contribution in [1.29, 1.82) is 0 Å². The van der Waals surface area contributed by atoms with Gasteiger partial charge in [-0.2, -0.15) is 0 Å². The van der Waals surface area contributed by atoms with Gasteiger partial charge < -0.3 is 28.8 Å². The molecule has 2 atom stereocenters. The number of para-hydroxylation sites is 1. The zero-order valence-electron chi connectivity index (χ0n) is 16.0. The van der Waals surface area contributed by atoms with E-state index in [2.05, 4.69) is 0 Å². The van der Waals surface area contributed by atoms with Crippen molar-refractivity contribution >= 4 is 21.9 Å². The first-order valence-electron chi connectivity index (χ1n) is 9.40. The van der Waals surface area contributed by atoms with Crippen molar-refractivity contribution in [2.75, 3.05) is 13.7 Å². The summed E-state index contributed by atoms with van der Waals surface area (Å²) in [5.74, 6) is 0.860. The molecule has 5 rings (SSSR count). The van der Waals surface area contributed by atoms with Crippen LogP contribution in [0, 0.1) is 0 Å². The van der Waals surface area contributed by atoms with Gasteiger partial charge in [-0.1, -0.05) is 18.2 Å². The Bertz CT molecular complexity index is 1320. The third-order valence-corrected chi connectivity index (χ3v) is 5.24. The zero-order chi connectivity index (χ0) is 20.8. The summed E-state index contributed by atoms with van der Waals surface area (Å²) in [6.45, 7) is -0.308. The molecule has 4 aromatic rings. The minimum absolute atomic E-state index is 0.0171. The van der Waals surface area contributed by atoms with E-state index in [-0.39, 0.29) is 34.7 Å². The Hall–Kier alpha value is -3.71. The molecule has 1 aliphatic heterocycles. The molecule has 0 spiro atoms. The zero-order valence-corrected chi connectivity index (χ0v) is 16.0. The summed E-state index contributed by atoms with van der Waals surface area (Å²) in [6, 6.07) is 15.1. The number of rotatable bonds is 3. The highest BCUT2D eigenvalue weighted by Gasteiger charge is 2.35. The SMILES string of the molecule is COc1cc([C@H]2Oc3c(ccc4oc5ccccc5c(=O)c34)O[C@H]2CO)ccc1O. The molecule has 0 amide bonds. The average molecular weight is 406 g/mol. The number of aliphatic hydroxyl groups excluding tert-OH is 1. The Morgan fingerprint density at radius 1 is 1.03 bits per heavy atom. The first-order valence-corrected chi connectivity index (χ1v) is 9.40. The van der Waals surface area contributed by atoms with Crippen LogP contribution in [0.5, 0.6) is 23.0 Å². The van der Waals surface area contributed by atoms with E-state index >= 15 is 0 Å². The Morgan fingerprint density at radius 2 is 1.87 bits per heavy atom. The number of aliphatic hydroxyl groups is 1. The number of phenolic OH excluding ortho intramolecular Hbond substituents is 1. The van der Waals surface area contributed by atoms with E-state index in [9.17, 15) is 15.0 Å². The van der Waals surface area contributed by atoms with Crippen molar-refractivity contribution in [2.24, 2.45) is 0 Å². The largest absolute Gasteiger partial charge is 0.504 e. The highest BCUT2D eigenvalue weighted by Crippen LogP contribution is 2.44. The molecule has 152 valence electrons. The van der Waals surface area contributed by atoms with Crippen LogP contribution in [-0.2, 0) is 0 Å². The van der Waals surface area contributed by atoms with Gasteiger partial charge in [0.15, 0.2) is 35.2 Å². The van der Waals surface area contributed by atoms with Gasteiger partial charge in [0.1, 0.15) is 16.6 Å². The number of ether oxygens (including phenoxy) is 3. The van der Waals surface area contributed by atoms with Crippen molar-refractivity contribution < 1.29 is 28.8 Å². The van der Waals surface area contributed by atoms with Gasteiger partial charge in [-0.15, -0.1) is 0 Å². The maximum Gasteiger partial charge on any atom is 0.204 e. The van der Waals surface area contributed by atoms with Crippen LogP contribution in [0.2, 0.25) is 0 Å². The second-order valence-corrected chi connectivity index (χ2v) is 7.00. The first-order chi connectivity index (χ1) is 14.6. The molecule has 30 heavy (non-hydrogen) atoms. The molecule has 7 heteroatoms. The smallest absolute Gasteiger partial charge is 0.204 e. The maximum atomic E-state index is 13.2. The molecule has 0 saturated carbocycles. The van der Waals surface area contributed by atoms with E-state index in [0.29, 0.717) is 27.9 Å². The Balaban J connectivity index is 1.71. The number of benzene rings is 3. The van der Waals surface area contributed by atoms with Crippen LogP contribution in [0.3, 0.4) is 0 Å². The lowest BCUT2D eigenvalue weighted by atomic mass is 10.0. The molecule has 0 radical (unpaired) electrons. The summed E-state index contributed by atoms with van der Waals surface area (Å²) >= 11 is 0. The van der Waals surface area contributed by atoms with Gasteiger partial charge in [0.05, 0.1) is 19.1 Å². The highest BCUT2D eigenvalue weighted by atomic mass is 16.6. The molecule has 0 bridgehead atoms. The number of hydrogen-bond acceptors (Lipinski definition) is 7. The molecule has 2 N–H and O–H groups in total. The van der Waals surface area contributed by atoms with E-state index in [1.54, 1.807) is 48.5 Å². The lowest BCUT2D eigenvalue weighted by Crippen LogP contribution is -2.36. The summed E-state index contributed by atoms with van der Waals surface area (Å²) in [5, 5.41) is 20.5. The molecule has 0 fully saturated rings. The Labute approximate surface area is 170 Å². The Kier molecular flexibility index (Phi) is 4.25. The molecular weight excluding hydrogens is 388 g/mol. The van der Waals surface area contributed by atoms with Gasteiger partial charge in [0.25, 0.3) is 0 Å². The molecule has 3 aromatic carbocycles. The van der Waals surface area contributed by atoms with E-state index in [1.807, 2.05) is 0 Å². The fourth-order valence-electron chi connectivity index (χ4n) is 3.77. The van der Waals surface area contributed by atoms with Gasteiger partial charge in [0, 0.05) is 5.56 Å². The van der Waals surface area contributed by atoms with E-state index in [4.69, 9.17) is 18.6 Å². The highest BCUT2D eigenvalue weighted by molar-refractivity contribution is 5.94. The number of aromatic hydroxyl groups is 1. The fourth-order valence-corrected chi connectivity index (χ4v) is 3.77. The molecule has 1 aromatic heterocycles. The summed E-state index contributed by atoms with van der Waals surface area (Å²) < 4.78 is 23.3. The van der Waals surface area contributed by atoms with Crippen LogP contribution >= 0.6 is 0 Å². The van der Waals surface area contributed by atoms with Crippen LogP contribution in [0.25, 0.3) is 21.9 Å². The summed E-state index contributed by atoms with van der Waals surface area (Å²) in [4.78, 5) is 13.2.